The van der Waals surface area contributed by atoms with Gasteiger partial charge >= 0.3 is 0 Å². The van der Waals surface area contributed by atoms with E-state index >= 15 is 0 Å². The molecule has 27 heavy (non-hydrogen) atoms. The highest BCUT2D eigenvalue weighted by atomic mass is 16.2. The van der Waals surface area contributed by atoms with Crippen LogP contribution in [-0.4, -0.2) is 65.9 Å². The van der Waals surface area contributed by atoms with Gasteiger partial charge in [0.25, 0.3) is 11.8 Å². The van der Waals surface area contributed by atoms with E-state index < -0.39 is 0 Å². The molecule has 6 nitrogen and oxygen atoms in total. The minimum atomic E-state index is -0.253. The second-order valence-corrected chi connectivity index (χ2v) is 6.65. The van der Waals surface area contributed by atoms with Gasteiger partial charge in [-0.05, 0) is 30.7 Å². The van der Waals surface area contributed by atoms with E-state index in [0.717, 1.165) is 26.1 Å². The van der Waals surface area contributed by atoms with E-state index in [4.69, 9.17) is 0 Å². The summed E-state index contributed by atoms with van der Waals surface area (Å²) in [5, 5.41) is 2.87. The van der Waals surface area contributed by atoms with E-state index in [1.54, 1.807) is 12.1 Å². The molecule has 1 fully saturated rings. The molecule has 1 aliphatic heterocycles. The van der Waals surface area contributed by atoms with Crippen molar-refractivity contribution in [3.63, 3.8) is 0 Å². The summed E-state index contributed by atoms with van der Waals surface area (Å²) < 4.78 is 0. The lowest BCUT2D eigenvalue weighted by Crippen LogP contribution is -2.48. The molecule has 2 aromatic rings. The number of hydrogen-bond acceptors (Lipinski definition) is 4. The summed E-state index contributed by atoms with van der Waals surface area (Å²) in [6.07, 6.45) is 2.29. The third-order valence-electron chi connectivity index (χ3n) is 4.89. The van der Waals surface area contributed by atoms with Crippen LogP contribution in [0.4, 0.5) is 0 Å². The lowest BCUT2D eigenvalue weighted by Gasteiger charge is -2.34. The molecule has 1 aromatic heterocycles. The summed E-state index contributed by atoms with van der Waals surface area (Å²) in [4.78, 5) is 33.4. The Bertz CT molecular complexity index is 771. The van der Waals surface area contributed by atoms with Gasteiger partial charge in [0.05, 0.1) is 0 Å². The highest BCUT2D eigenvalue weighted by molar-refractivity contribution is 5.98. The maximum atomic E-state index is 12.7. The number of nitrogens with one attached hydrogen (secondary N) is 1. The molecule has 0 unspecified atom stereocenters. The molecule has 6 heteroatoms. The van der Waals surface area contributed by atoms with Gasteiger partial charge in [0.2, 0.25) is 0 Å². The van der Waals surface area contributed by atoms with Crippen LogP contribution in [0.2, 0.25) is 0 Å². The van der Waals surface area contributed by atoms with Gasteiger partial charge in [0.15, 0.2) is 0 Å². The van der Waals surface area contributed by atoms with Crippen LogP contribution in [-0.2, 0) is 6.42 Å². The SMILES string of the molecule is CCN1CCN(C(=O)c2ccnc(C(=O)NCCc3ccccc3)c2)CC1. The summed E-state index contributed by atoms with van der Waals surface area (Å²) in [6.45, 7) is 6.87. The van der Waals surface area contributed by atoms with Gasteiger partial charge in [-0.2, -0.15) is 0 Å². The van der Waals surface area contributed by atoms with Crippen molar-refractivity contribution in [3.8, 4) is 0 Å². The molecule has 1 aromatic carbocycles. The first-order valence-electron chi connectivity index (χ1n) is 9.47. The molecular weight excluding hydrogens is 340 g/mol. The van der Waals surface area contributed by atoms with Crippen molar-refractivity contribution >= 4 is 11.8 Å². The van der Waals surface area contributed by atoms with Crippen LogP contribution >= 0.6 is 0 Å². The van der Waals surface area contributed by atoms with Crippen molar-refractivity contribution in [3.05, 3.63) is 65.5 Å². The Balaban J connectivity index is 1.56. The van der Waals surface area contributed by atoms with Crippen LogP contribution < -0.4 is 5.32 Å². The summed E-state index contributed by atoms with van der Waals surface area (Å²) >= 11 is 0. The average Bonchev–Trinajstić information content (AvgIpc) is 2.74. The first kappa shape index (κ1) is 19.0. The molecule has 1 N–H and O–H groups in total. The summed E-state index contributed by atoms with van der Waals surface area (Å²) in [5.41, 5.74) is 1.96. The minimum Gasteiger partial charge on any atom is -0.350 e. The number of likely N-dealkylation sites (N-methyl/N-ethyl adjacent to an activating group) is 1. The minimum absolute atomic E-state index is 0.0357. The molecule has 1 saturated heterocycles. The number of hydrogen-bond donors (Lipinski definition) is 1. The lowest BCUT2D eigenvalue weighted by molar-refractivity contribution is 0.0643. The molecule has 3 rings (SSSR count). The summed E-state index contributed by atoms with van der Waals surface area (Å²) in [5.74, 6) is -0.289. The predicted molar refractivity (Wildman–Crippen MR) is 105 cm³/mol. The Kier molecular flexibility index (Phi) is 6.54. The number of pyridine rings is 1. The molecule has 2 amide bonds. The third-order valence-corrected chi connectivity index (χ3v) is 4.89. The number of aromatic nitrogens is 1. The van der Waals surface area contributed by atoms with Crippen molar-refractivity contribution in [2.45, 2.75) is 13.3 Å². The van der Waals surface area contributed by atoms with E-state index in [0.29, 0.717) is 25.2 Å². The number of nitrogens with zero attached hydrogens (tertiary/aromatic N) is 3. The average molecular weight is 366 g/mol. The normalized spacial score (nSPS) is 14.8. The smallest absolute Gasteiger partial charge is 0.269 e. The number of amides is 2. The number of benzene rings is 1. The van der Waals surface area contributed by atoms with Crippen LogP contribution in [0.25, 0.3) is 0 Å². The van der Waals surface area contributed by atoms with Crippen LogP contribution in [0.5, 0.6) is 0 Å². The van der Waals surface area contributed by atoms with Gasteiger partial charge < -0.3 is 15.1 Å². The Hall–Kier alpha value is -2.73. The van der Waals surface area contributed by atoms with Gasteiger partial charge in [-0.3, -0.25) is 14.6 Å². The number of carbonyl (C=O) groups excluding carboxylic acids is 2. The first-order chi connectivity index (χ1) is 13.2. The second-order valence-electron chi connectivity index (χ2n) is 6.65. The maximum Gasteiger partial charge on any atom is 0.269 e. The first-order valence-corrected chi connectivity index (χ1v) is 9.47. The second kappa shape index (κ2) is 9.28. The molecule has 0 spiro atoms. The molecule has 1 aliphatic rings. The molecule has 0 saturated carbocycles. The van der Waals surface area contributed by atoms with Crippen molar-refractivity contribution in [1.29, 1.82) is 0 Å². The van der Waals surface area contributed by atoms with Gasteiger partial charge in [-0.15, -0.1) is 0 Å². The van der Waals surface area contributed by atoms with E-state index in [1.807, 2.05) is 35.2 Å². The molecule has 0 aliphatic carbocycles. The Morgan fingerprint density at radius 2 is 1.81 bits per heavy atom. The van der Waals surface area contributed by atoms with Gasteiger partial charge in [-0.25, -0.2) is 0 Å². The summed E-state index contributed by atoms with van der Waals surface area (Å²) in [7, 11) is 0. The monoisotopic (exact) mass is 366 g/mol. The topological polar surface area (TPSA) is 65.5 Å². The molecule has 2 heterocycles. The number of rotatable bonds is 6. The molecule has 142 valence electrons. The zero-order chi connectivity index (χ0) is 19.1. The maximum absolute atomic E-state index is 12.7. The third kappa shape index (κ3) is 5.14. The Morgan fingerprint density at radius 1 is 1.07 bits per heavy atom. The van der Waals surface area contributed by atoms with E-state index in [1.165, 1.54) is 11.8 Å². The van der Waals surface area contributed by atoms with Crippen molar-refractivity contribution < 1.29 is 9.59 Å². The molecule has 0 atom stereocenters. The fourth-order valence-corrected chi connectivity index (χ4v) is 3.19. The summed E-state index contributed by atoms with van der Waals surface area (Å²) in [6, 6.07) is 13.3. The standard InChI is InChI=1S/C21H26N4O2/c1-2-24-12-14-25(15-13-24)21(27)18-9-11-22-19(16-18)20(26)23-10-8-17-6-4-3-5-7-17/h3-7,9,11,16H,2,8,10,12-15H2,1H3,(H,23,26). The molecule has 0 radical (unpaired) electrons. The van der Waals surface area contributed by atoms with Crippen LogP contribution in [0.3, 0.4) is 0 Å². The van der Waals surface area contributed by atoms with Crippen molar-refractivity contribution in [2.24, 2.45) is 0 Å². The number of piperazine rings is 1. The zero-order valence-electron chi connectivity index (χ0n) is 15.7. The Labute approximate surface area is 160 Å². The fraction of sp³-hybridized carbons (Fsp3) is 0.381. The van der Waals surface area contributed by atoms with Crippen LogP contribution in [0, 0.1) is 0 Å². The molecule has 0 bridgehead atoms. The highest BCUT2D eigenvalue weighted by Crippen LogP contribution is 2.10. The van der Waals surface area contributed by atoms with E-state index in [9.17, 15) is 9.59 Å². The largest absolute Gasteiger partial charge is 0.350 e. The lowest BCUT2D eigenvalue weighted by atomic mass is 10.1. The van der Waals surface area contributed by atoms with Crippen molar-refractivity contribution in [2.75, 3.05) is 39.3 Å². The van der Waals surface area contributed by atoms with E-state index in [2.05, 4.69) is 22.1 Å². The van der Waals surface area contributed by atoms with Gasteiger partial charge in [-0.1, -0.05) is 37.3 Å². The zero-order valence-corrected chi connectivity index (χ0v) is 15.7. The van der Waals surface area contributed by atoms with Gasteiger partial charge in [0.1, 0.15) is 5.69 Å². The van der Waals surface area contributed by atoms with Crippen molar-refractivity contribution in [1.82, 2.24) is 20.1 Å². The number of carbonyl (C=O) groups is 2. The highest BCUT2D eigenvalue weighted by Gasteiger charge is 2.22. The Morgan fingerprint density at radius 3 is 2.52 bits per heavy atom. The quantitative estimate of drug-likeness (QED) is 0.847. The fourth-order valence-electron chi connectivity index (χ4n) is 3.19. The van der Waals surface area contributed by atoms with E-state index in [-0.39, 0.29) is 17.5 Å². The van der Waals surface area contributed by atoms with Gasteiger partial charge in [0, 0.05) is 44.5 Å². The molecular formula is C21H26N4O2. The predicted octanol–water partition coefficient (Wildman–Crippen LogP) is 1.83. The van der Waals surface area contributed by atoms with Crippen LogP contribution in [0.15, 0.2) is 48.7 Å². The van der Waals surface area contributed by atoms with Crippen LogP contribution in [0.1, 0.15) is 33.3 Å².